The standard InChI is InChI=1S/C19H31N5O/c1-4-15(5-2)17-8-12-24(14-17)19(20-3)23-11-10-22-18(25)16-7-6-9-21-13-16/h6-7,9,13,15,17H,4-5,8,10-12,14H2,1-3H3,(H,20,23)(H,22,25). The van der Waals surface area contributed by atoms with Gasteiger partial charge in [-0.1, -0.05) is 26.7 Å². The van der Waals surface area contributed by atoms with Crippen molar-refractivity contribution in [1.82, 2.24) is 20.5 Å². The van der Waals surface area contributed by atoms with Gasteiger partial charge in [-0.15, -0.1) is 0 Å². The quantitative estimate of drug-likeness (QED) is 0.451. The van der Waals surface area contributed by atoms with Crippen molar-refractivity contribution in [2.24, 2.45) is 16.8 Å². The van der Waals surface area contributed by atoms with Gasteiger partial charge < -0.3 is 15.5 Å². The molecule has 1 fully saturated rings. The van der Waals surface area contributed by atoms with E-state index in [1.807, 2.05) is 7.05 Å². The predicted molar refractivity (Wildman–Crippen MR) is 102 cm³/mol. The smallest absolute Gasteiger partial charge is 0.252 e. The molecular formula is C19H31N5O. The lowest BCUT2D eigenvalue weighted by Crippen LogP contribution is -2.43. The van der Waals surface area contributed by atoms with Gasteiger partial charge in [-0.3, -0.25) is 14.8 Å². The molecule has 0 saturated carbocycles. The van der Waals surface area contributed by atoms with Gasteiger partial charge in [-0.25, -0.2) is 0 Å². The van der Waals surface area contributed by atoms with E-state index in [9.17, 15) is 4.79 Å². The molecule has 1 aromatic rings. The number of carbonyl (C=O) groups is 1. The Morgan fingerprint density at radius 3 is 2.76 bits per heavy atom. The van der Waals surface area contributed by atoms with Gasteiger partial charge in [0.2, 0.25) is 0 Å². The first-order valence-corrected chi connectivity index (χ1v) is 9.33. The molecule has 0 radical (unpaired) electrons. The summed E-state index contributed by atoms with van der Waals surface area (Å²) < 4.78 is 0. The van der Waals surface area contributed by atoms with E-state index >= 15 is 0 Å². The molecule has 1 aromatic heterocycles. The van der Waals surface area contributed by atoms with Gasteiger partial charge in [-0.2, -0.15) is 0 Å². The molecule has 1 aliphatic heterocycles. The third-order valence-corrected chi connectivity index (χ3v) is 5.07. The molecule has 6 heteroatoms. The number of likely N-dealkylation sites (tertiary alicyclic amines) is 1. The molecule has 1 atom stereocenters. The van der Waals surface area contributed by atoms with Crippen molar-refractivity contribution in [1.29, 1.82) is 0 Å². The minimum Gasteiger partial charge on any atom is -0.354 e. The molecule has 25 heavy (non-hydrogen) atoms. The molecule has 2 heterocycles. The van der Waals surface area contributed by atoms with Crippen LogP contribution in [0.3, 0.4) is 0 Å². The average Bonchev–Trinajstić information content (AvgIpc) is 3.13. The Bertz CT molecular complexity index is 556. The molecule has 1 amide bonds. The summed E-state index contributed by atoms with van der Waals surface area (Å²) in [5.41, 5.74) is 0.583. The zero-order valence-electron chi connectivity index (χ0n) is 15.7. The first kappa shape index (κ1) is 19.2. The van der Waals surface area contributed by atoms with E-state index < -0.39 is 0 Å². The summed E-state index contributed by atoms with van der Waals surface area (Å²) in [4.78, 5) is 22.7. The number of rotatable bonds is 7. The van der Waals surface area contributed by atoms with Gasteiger partial charge in [0.25, 0.3) is 5.91 Å². The van der Waals surface area contributed by atoms with E-state index in [1.54, 1.807) is 24.5 Å². The van der Waals surface area contributed by atoms with Crippen LogP contribution in [0.5, 0.6) is 0 Å². The molecule has 0 aromatic carbocycles. The number of amides is 1. The third-order valence-electron chi connectivity index (χ3n) is 5.07. The molecule has 0 aliphatic carbocycles. The number of pyridine rings is 1. The van der Waals surface area contributed by atoms with Crippen molar-refractivity contribution in [2.45, 2.75) is 33.1 Å². The van der Waals surface area contributed by atoms with Crippen LogP contribution in [0, 0.1) is 11.8 Å². The fourth-order valence-electron chi connectivity index (χ4n) is 3.60. The monoisotopic (exact) mass is 345 g/mol. The minimum atomic E-state index is -0.0974. The number of aromatic nitrogens is 1. The number of hydrogen-bond acceptors (Lipinski definition) is 3. The average molecular weight is 345 g/mol. The predicted octanol–water partition coefficient (Wildman–Crippen LogP) is 2.14. The molecular weight excluding hydrogens is 314 g/mol. The van der Waals surface area contributed by atoms with Crippen molar-refractivity contribution in [3.05, 3.63) is 30.1 Å². The number of aliphatic imine (C=N–C) groups is 1. The van der Waals surface area contributed by atoms with E-state index in [-0.39, 0.29) is 5.91 Å². The van der Waals surface area contributed by atoms with Gasteiger partial charge in [0.1, 0.15) is 0 Å². The summed E-state index contributed by atoms with van der Waals surface area (Å²) in [6, 6.07) is 3.52. The van der Waals surface area contributed by atoms with Crippen LogP contribution < -0.4 is 10.6 Å². The minimum absolute atomic E-state index is 0.0974. The number of hydrogen-bond donors (Lipinski definition) is 2. The lowest BCUT2D eigenvalue weighted by molar-refractivity contribution is 0.0954. The Morgan fingerprint density at radius 2 is 2.12 bits per heavy atom. The highest BCUT2D eigenvalue weighted by molar-refractivity contribution is 5.93. The van der Waals surface area contributed by atoms with Crippen LogP contribution in [-0.4, -0.2) is 55.0 Å². The van der Waals surface area contributed by atoms with Crippen LogP contribution in [0.1, 0.15) is 43.5 Å². The normalized spacial score (nSPS) is 17.8. The molecule has 2 N–H and O–H groups in total. The van der Waals surface area contributed by atoms with Crippen molar-refractivity contribution in [2.75, 3.05) is 33.2 Å². The molecule has 1 saturated heterocycles. The lowest BCUT2D eigenvalue weighted by atomic mass is 9.87. The number of nitrogens with zero attached hydrogens (tertiary/aromatic N) is 3. The van der Waals surface area contributed by atoms with Gasteiger partial charge in [0.05, 0.1) is 5.56 Å². The van der Waals surface area contributed by atoms with E-state index in [0.717, 1.165) is 30.9 Å². The van der Waals surface area contributed by atoms with Crippen LogP contribution in [-0.2, 0) is 0 Å². The Morgan fingerprint density at radius 1 is 1.36 bits per heavy atom. The summed E-state index contributed by atoms with van der Waals surface area (Å²) in [5.74, 6) is 2.41. The van der Waals surface area contributed by atoms with Gasteiger partial charge in [0, 0.05) is 45.6 Å². The van der Waals surface area contributed by atoms with E-state index in [0.29, 0.717) is 18.7 Å². The summed E-state index contributed by atoms with van der Waals surface area (Å²) >= 11 is 0. The molecule has 138 valence electrons. The van der Waals surface area contributed by atoms with Crippen molar-refractivity contribution >= 4 is 11.9 Å². The fourth-order valence-corrected chi connectivity index (χ4v) is 3.60. The van der Waals surface area contributed by atoms with Crippen molar-refractivity contribution < 1.29 is 4.79 Å². The molecule has 1 aliphatic rings. The SMILES string of the molecule is CCC(CC)C1CCN(C(=NC)NCCNC(=O)c2cccnc2)C1. The largest absolute Gasteiger partial charge is 0.354 e. The van der Waals surface area contributed by atoms with Crippen molar-refractivity contribution in [3.63, 3.8) is 0 Å². The summed E-state index contributed by atoms with van der Waals surface area (Å²) in [6.45, 7) is 7.92. The van der Waals surface area contributed by atoms with Crippen LogP contribution in [0.25, 0.3) is 0 Å². The molecule has 2 rings (SSSR count). The van der Waals surface area contributed by atoms with Crippen molar-refractivity contribution in [3.8, 4) is 0 Å². The van der Waals surface area contributed by atoms with Crippen LogP contribution in [0.2, 0.25) is 0 Å². The molecule has 6 nitrogen and oxygen atoms in total. The van der Waals surface area contributed by atoms with Crippen LogP contribution in [0.4, 0.5) is 0 Å². The second kappa shape index (κ2) is 10.0. The highest BCUT2D eigenvalue weighted by atomic mass is 16.1. The maximum Gasteiger partial charge on any atom is 0.252 e. The zero-order chi connectivity index (χ0) is 18.1. The van der Waals surface area contributed by atoms with Gasteiger partial charge in [-0.05, 0) is 30.4 Å². The summed E-state index contributed by atoms with van der Waals surface area (Å²) in [7, 11) is 1.82. The topological polar surface area (TPSA) is 69.6 Å². The van der Waals surface area contributed by atoms with Crippen LogP contribution >= 0.6 is 0 Å². The Hall–Kier alpha value is -2.11. The summed E-state index contributed by atoms with van der Waals surface area (Å²) in [5, 5.41) is 6.26. The Labute approximate surface area is 151 Å². The molecule has 0 bridgehead atoms. The van der Waals surface area contributed by atoms with E-state index in [4.69, 9.17) is 0 Å². The van der Waals surface area contributed by atoms with Crippen LogP contribution in [0.15, 0.2) is 29.5 Å². The fraction of sp³-hybridized carbons (Fsp3) is 0.632. The number of nitrogens with one attached hydrogen (secondary N) is 2. The molecule has 0 spiro atoms. The van der Waals surface area contributed by atoms with E-state index in [2.05, 4.69) is 39.4 Å². The zero-order valence-corrected chi connectivity index (χ0v) is 15.7. The lowest BCUT2D eigenvalue weighted by Gasteiger charge is -2.24. The number of carbonyl (C=O) groups excluding carboxylic acids is 1. The second-order valence-electron chi connectivity index (χ2n) is 6.54. The first-order valence-electron chi connectivity index (χ1n) is 9.33. The highest BCUT2D eigenvalue weighted by Gasteiger charge is 2.29. The highest BCUT2D eigenvalue weighted by Crippen LogP contribution is 2.28. The maximum absolute atomic E-state index is 12.0. The van der Waals surface area contributed by atoms with Gasteiger partial charge in [0.15, 0.2) is 5.96 Å². The third kappa shape index (κ3) is 5.44. The Kier molecular flexibility index (Phi) is 7.70. The first-order chi connectivity index (χ1) is 12.2. The summed E-state index contributed by atoms with van der Waals surface area (Å²) in [6.07, 6.45) is 6.98. The molecule has 1 unspecified atom stereocenters. The second-order valence-corrected chi connectivity index (χ2v) is 6.54. The van der Waals surface area contributed by atoms with E-state index in [1.165, 1.54) is 19.3 Å². The van der Waals surface area contributed by atoms with Gasteiger partial charge >= 0.3 is 0 Å². The Balaban J connectivity index is 1.73. The maximum atomic E-state index is 12.0. The number of guanidine groups is 1.